The van der Waals surface area contributed by atoms with Gasteiger partial charge >= 0.3 is 0 Å². The van der Waals surface area contributed by atoms with Gasteiger partial charge in [-0.1, -0.05) is 30.7 Å². The molecule has 0 saturated carbocycles. The van der Waals surface area contributed by atoms with Gasteiger partial charge in [-0.15, -0.1) is 0 Å². The zero-order chi connectivity index (χ0) is 13.7. The van der Waals surface area contributed by atoms with E-state index in [9.17, 15) is 5.11 Å². The van der Waals surface area contributed by atoms with Gasteiger partial charge in [0.1, 0.15) is 0 Å². The number of hydrogen-bond donors (Lipinski definition) is 2. The minimum atomic E-state index is -0.247. The minimum absolute atomic E-state index is 0.178. The second kappa shape index (κ2) is 6.51. The Morgan fingerprint density at radius 3 is 2.79 bits per heavy atom. The molecule has 0 radical (unpaired) electrons. The zero-order valence-electron chi connectivity index (χ0n) is 12.2. The number of likely N-dealkylation sites (N-methyl/N-ethyl adjacent to an activating group) is 1. The molecule has 1 unspecified atom stereocenters. The molecule has 3 heteroatoms. The molecule has 1 aliphatic carbocycles. The van der Waals surface area contributed by atoms with E-state index in [0.717, 1.165) is 25.9 Å². The first kappa shape index (κ1) is 14.5. The maximum Gasteiger partial charge on any atom is 0.0672 e. The largest absolute Gasteiger partial charge is 0.394 e. The lowest BCUT2D eigenvalue weighted by Gasteiger charge is -2.34. The molecular formula is C16H26N2O. The molecule has 19 heavy (non-hydrogen) atoms. The standard InChI is InChI=1S/C16H26N2O/c1-18(2)12-11-17-16(13-19)10-6-5-8-14-7-3-4-9-15(14)16/h3-4,7,9,17,19H,5-6,8,10-13H2,1-2H3. The lowest BCUT2D eigenvalue weighted by atomic mass is 9.85. The Bertz CT molecular complexity index is 405. The van der Waals surface area contributed by atoms with Gasteiger partial charge in [0.2, 0.25) is 0 Å². The third kappa shape index (κ3) is 3.35. The molecule has 0 aliphatic heterocycles. The number of rotatable bonds is 5. The molecule has 0 aromatic heterocycles. The molecule has 3 nitrogen and oxygen atoms in total. The summed E-state index contributed by atoms with van der Waals surface area (Å²) >= 11 is 0. The normalized spacial score (nSPS) is 23.2. The summed E-state index contributed by atoms with van der Waals surface area (Å²) in [5, 5.41) is 13.6. The summed E-state index contributed by atoms with van der Waals surface area (Å²) in [5.41, 5.74) is 2.45. The number of fused-ring (bicyclic) bond motifs is 1. The average molecular weight is 262 g/mol. The molecule has 0 amide bonds. The summed E-state index contributed by atoms with van der Waals surface area (Å²) in [4.78, 5) is 2.17. The number of benzene rings is 1. The van der Waals surface area contributed by atoms with E-state index in [1.807, 2.05) is 0 Å². The van der Waals surface area contributed by atoms with Crippen LogP contribution in [0.25, 0.3) is 0 Å². The van der Waals surface area contributed by atoms with Crippen LogP contribution in [-0.4, -0.2) is 43.8 Å². The van der Waals surface area contributed by atoms with Gasteiger partial charge in [-0.2, -0.15) is 0 Å². The van der Waals surface area contributed by atoms with Crippen molar-refractivity contribution in [3.63, 3.8) is 0 Å². The van der Waals surface area contributed by atoms with Gasteiger partial charge in [0, 0.05) is 13.1 Å². The smallest absolute Gasteiger partial charge is 0.0672 e. The fourth-order valence-electron chi connectivity index (χ4n) is 3.00. The first-order chi connectivity index (χ1) is 9.18. The molecule has 0 heterocycles. The first-order valence-electron chi connectivity index (χ1n) is 7.27. The quantitative estimate of drug-likeness (QED) is 0.794. The van der Waals surface area contributed by atoms with Crippen molar-refractivity contribution < 1.29 is 5.11 Å². The molecule has 1 atom stereocenters. The van der Waals surface area contributed by atoms with E-state index >= 15 is 0 Å². The van der Waals surface area contributed by atoms with Gasteiger partial charge in [0.15, 0.2) is 0 Å². The van der Waals surface area contributed by atoms with E-state index in [4.69, 9.17) is 0 Å². The highest BCUT2D eigenvalue weighted by Gasteiger charge is 2.33. The second-order valence-electron chi connectivity index (χ2n) is 5.83. The van der Waals surface area contributed by atoms with Crippen LogP contribution in [-0.2, 0) is 12.0 Å². The van der Waals surface area contributed by atoms with Crippen LogP contribution in [0.2, 0.25) is 0 Å². The summed E-state index contributed by atoms with van der Waals surface area (Å²) in [6, 6.07) is 8.58. The monoisotopic (exact) mass is 262 g/mol. The predicted molar refractivity (Wildman–Crippen MR) is 79.3 cm³/mol. The number of aryl methyl sites for hydroxylation is 1. The van der Waals surface area contributed by atoms with Crippen molar-refractivity contribution >= 4 is 0 Å². The van der Waals surface area contributed by atoms with Gasteiger partial charge < -0.3 is 15.3 Å². The maximum atomic E-state index is 10.0. The zero-order valence-corrected chi connectivity index (χ0v) is 12.2. The molecule has 1 aromatic rings. The Morgan fingerprint density at radius 1 is 1.26 bits per heavy atom. The summed E-state index contributed by atoms with van der Waals surface area (Å²) in [5.74, 6) is 0. The van der Waals surface area contributed by atoms with E-state index in [1.165, 1.54) is 24.0 Å². The van der Waals surface area contributed by atoms with Gasteiger partial charge in [-0.05, 0) is 44.5 Å². The van der Waals surface area contributed by atoms with Crippen LogP contribution in [0, 0.1) is 0 Å². The van der Waals surface area contributed by atoms with E-state index < -0.39 is 0 Å². The highest BCUT2D eigenvalue weighted by Crippen LogP contribution is 2.33. The summed E-state index contributed by atoms with van der Waals surface area (Å²) < 4.78 is 0. The Morgan fingerprint density at radius 2 is 2.05 bits per heavy atom. The summed E-state index contributed by atoms with van der Waals surface area (Å²) in [7, 11) is 4.16. The molecule has 0 bridgehead atoms. The van der Waals surface area contributed by atoms with E-state index in [2.05, 4.69) is 48.6 Å². The van der Waals surface area contributed by atoms with Crippen LogP contribution >= 0.6 is 0 Å². The fraction of sp³-hybridized carbons (Fsp3) is 0.625. The molecule has 106 valence electrons. The molecule has 1 aromatic carbocycles. The lowest BCUT2D eigenvalue weighted by molar-refractivity contribution is 0.147. The van der Waals surface area contributed by atoms with Crippen molar-refractivity contribution in [2.45, 2.75) is 31.2 Å². The van der Waals surface area contributed by atoms with Crippen molar-refractivity contribution in [3.05, 3.63) is 35.4 Å². The fourth-order valence-corrected chi connectivity index (χ4v) is 3.00. The second-order valence-corrected chi connectivity index (χ2v) is 5.83. The number of aliphatic hydroxyl groups excluding tert-OH is 1. The van der Waals surface area contributed by atoms with E-state index in [-0.39, 0.29) is 12.1 Å². The predicted octanol–water partition coefficient (Wildman–Crippen LogP) is 1.75. The number of aliphatic hydroxyl groups is 1. The van der Waals surface area contributed by atoms with Crippen molar-refractivity contribution in [3.8, 4) is 0 Å². The molecule has 2 N–H and O–H groups in total. The van der Waals surface area contributed by atoms with E-state index in [1.54, 1.807) is 0 Å². The highest BCUT2D eigenvalue weighted by atomic mass is 16.3. The Balaban J connectivity index is 2.22. The van der Waals surface area contributed by atoms with Crippen molar-refractivity contribution in [2.24, 2.45) is 0 Å². The van der Waals surface area contributed by atoms with Crippen LogP contribution < -0.4 is 5.32 Å². The Labute approximate surface area is 116 Å². The van der Waals surface area contributed by atoms with Gasteiger partial charge in [0.25, 0.3) is 0 Å². The van der Waals surface area contributed by atoms with Crippen LogP contribution in [0.3, 0.4) is 0 Å². The highest BCUT2D eigenvalue weighted by molar-refractivity contribution is 5.35. The van der Waals surface area contributed by atoms with E-state index in [0.29, 0.717) is 0 Å². The van der Waals surface area contributed by atoms with Gasteiger partial charge in [-0.3, -0.25) is 0 Å². The Kier molecular flexibility index (Phi) is 4.97. The third-order valence-electron chi connectivity index (χ3n) is 4.12. The third-order valence-corrected chi connectivity index (χ3v) is 4.12. The number of nitrogens with one attached hydrogen (secondary N) is 1. The molecule has 0 saturated heterocycles. The van der Waals surface area contributed by atoms with Crippen LogP contribution in [0.1, 0.15) is 30.4 Å². The van der Waals surface area contributed by atoms with Crippen LogP contribution in [0.15, 0.2) is 24.3 Å². The van der Waals surface area contributed by atoms with Crippen molar-refractivity contribution in [2.75, 3.05) is 33.8 Å². The maximum absolute atomic E-state index is 10.0. The molecular weight excluding hydrogens is 236 g/mol. The molecule has 2 rings (SSSR count). The number of hydrogen-bond acceptors (Lipinski definition) is 3. The van der Waals surface area contributed by atoms with Crippen LogP contribution in [0.5, 0.6) is 0 Å². The van der Waals surface area contributed by atoms with Gasteiger partial charge in [-0.25, -0.2) is 0 Å². The SMILES string of the molecule is CN(C)CCNC1(CO)CCCCc2ccccc21. The summed E-state index contributed by atoms with van der Waals surface area (Å²) in [6.07, 6.45) is 4.54. The van der Waals surface area contributed by atoms with Crippen molar-refractivity contribution in [1.29, 1.82) is 0 Å². The molecule has 0 fully saturated rings. The molecule has 0 spiro atoms. The number of nitrogens with zero attached hydrogens (tertiary/aromatic N) is 1. The van der Waals surface area contributed by atoms with Crippen LogP contribution in [0.4, 0.5) is 0 Å². The Hall–Kier alpha value is -0.900. The summed E-state index contributed by atoms with van der Waals surface area (Å²) in [6.45, 7) is 2.07. The molecule has 1 aliphatic rings. The van der Waals surface area contributed by atoms with Crippen molar-refractivity contribution in [1.82, 2.24) is 10.2 Å². The minimum Gasteiger partial charge on any atom is -0.394 e. The lowest BCUT2D eigenvalue weighted by Crippen LogP contribution is -2.48. The first-order valence-corrected chi connectivity index (χ1v) is 7.27. The average Bonchev–Trinajstić information content (AvgIpc) is 2.59. The topological polar surface area (TPSA) is 35.5 Å². The van der Waals surface area contributed by atoms with Gasteiger partial charge in [0.05, 0.1) is 12.1 Å².